The van der Waals surface area contributed by atoms with Gasteiger partial charge in [0.05, 0.1) is 13.2 Å². The third-order valence-corrected chi connectivity index (χ3v) is 2.80. The molecule has 0 spiro atoms. The molecular weight excluding hydrogens is 286 g/mol. The van der Waals surface area contributed by atoms with Crippen LogP contribution in [0, 0.1) is 5.92 Å². The Bertz CT molecular complexity index is 501. The zero-order chi connectivity index (χ0) is 16.4. The molecule has 1 aromatic carbocycles. The number of carbonyl (C=O) groups excluding carboxylic acids is 3. The number of esters is 2. The number of amides is 1. The van der Waals surface area contributed by atoms with E-state index in [0.717, 1.165) is 6.42 Å². The van der Waals surface area contributed by atoms with Crippen LogP contribution >= 0.6 is 0 Å². The molecule has 120 valence electrons. The van der Waals surface area contributed by atoms with Gasteiger partial charge in [-0.3, -0.25) is 14.4 Å². The summed E-state index contributed by atoms with van der Waals surface area (Å²) >= 11 is 0. The molecule has 0 aliphatic carbocycles. The van der Waals surface area contributed by atoms with Gasteiger partial charge in [0.1, 0.15) is 0 Å². The molecule has 0 aliphatic heterocycles. The van der Waals surface area contributed by atoms with Gasteiger partial charge in [-0.1, -0.05) is 31.5 Å². The molecule has 0 bridgehead atoms. The fourth-order valence-corrected chi connectivity index (χ4v) is 1.67. The number of ether oxygens (including phenoxy) is 2. The smallest absolute Gasteiger partial charge is 0.330 e. The normalized spacial score (nSPS) is 11.4. The van der Waals surface area contributed by atoms with Crippen molar-refractivity contribution in [2.45, 2.75) is 26.7 Å². The summed E-state index contributed by atoms with van der Waals surface area (Å²) in [6.45, 7) is 3.80. The first-order valence-corrected chi connectivity index (χ1v) is 7.29. The highest BCUT2D eigenvalue weighted by Gasteiger charge is 2.37. The number of nitrogens with one attached hydrogen (secondary N) is 1. The molecule has 1 unspecified atom stereocenters. The quantitative estimate of drug-likeness (QED) is 0.452. The topological polar surface area (TPSA) is 81.7 Å². The molecule has 0 saturated heterocycles. The van der Waals surface area contributed by atoms with Gasteiger partial charge in [-0.15, -0.1) is 0 Å². The second-order valence-electron chi connectivity index (χ2n) is 4.56. The molecule has 6 heteroatoms. The van der Waals surface area contributed by atoms with E-state index >= 15 is 0 Å². The van der Waals surface area contributed by atoms with Crippen LogP contribution in [0.5, 0.6) is 0 Å². The maximum absolute atomic E-state index is 12.2. The van der Waals surface area contributed by atoms with Crippen molar-refractivity contribution in [2.24, 2.45) is 5.92 Å². The lowest BCUT2D eigenvalue weighted by molar-refractivity contribution is -0.163. The summed E-state index contributed by atoms with van der Waals surface area (Å²) in [5.41, 5.74) is 0.489. The third kappa shape index (κ3) is 5.55. The van der Waals surface area contributed by atoms with Gasteiger partial charge in [0.15, 0.2) is 0 Å². The SMILES string of the molecule is CCCCOC(=O)C(C(=O)Nc1ccccc1)C(=O)OCC. The minimum Gasteiger partial charge on any atom is -0.465 e. The summed E-state index contributed by atoms with van der Waals surface area (Å²) < 4.78 is 9.76. The highest BCUT2D eigenvalue weighted by atomic mass is 16.6. The largest absolute Gasteiger partial charge is 0.465 e. The number of rotatable bonds is 8. The minimum atomic E-state index is -1.61. The Hall–Kier alpha value is -2.37. The van der Waals surface area contributed by atoms with Crippen molar-refractivity contribution in [3.8, 4) is 0 Å². The number of carbonyl (C=O) groups is 3. The highest BCUT2D eigenvalue weighted by Crippen LogP contribution is 2.11. The number of anilines is 1. The Morgan fingerprint density at radius 2 is 1.68 bits per heavy atom. The summed E-state index contributed by atoms with van der Waals surface area (Å²) in [4.78, 5) is 36.0. The molecular formula is C16H21NO5. The van der Waals surface area contributed by atoms with Gasteiger partial charge in [0.2, 0.25) is 11.8 Å². The fraction of sp³-hybridized carbons (Fsp3) is 0.438. The van der Waals surface area contributed by atoms with Crippen molar-refractivity contribution in [3.05, 3.63) is 30.3 Å². The highest BCUT2D eigenvalue weighted by molar-refractivity contribution is 6.18. The van der Waals surface area contributed by atoms with Gasteiger partial charge < -0.3 is 14.8 Å². The van der Waals surface area contributed by atoms with E-state index in [1.54, 1.807) is 37.3 Å². The van der Waals surface area contributed by atoms with Crippen molar-refractivity contribution < 1.29 is 23.9 Å². The van der Waals surface area contributed by atoms with Gasteiger partial charge in [-0.2, -0.15) is 0 Å². The Morgan fingerprint density at radius 1 is 1.05 bits per heavy atom. The molecule has 0 heterocycles. The van der Waals surface area contributed by atoms with Crippen LogP contribution in [0.15, 0.2) is 30.3 Å². The first-order chi connectivity index (χ1) is 10.6. The van der Waals surface area contributed by atoms with Crippen LogP contribution in [0.1, 0.15) is 26.7 Å². The van der Waals surface area contributed by atoms with Crippen molar-refractivity contribution in [3.63, 3.8) is 0 Å². The van der Waals surface area contributed by atoms with Gasteiger partial charge >= 0.3 is 11.9 Å². The molecule has 1 amide bonds. The van der Waals surface area contributed by atoms with E-state index in [-0.39, 0.29) is 13.2 Å². The van der Waals surface area contributed by atoms with E-state index in [9.17, 15) is 14.4 Å². The lowest BCUT2D eigenvalue weighted by Crippen LogP contribution is -2.38. The number of hydrogen-bond donors (Lipinski definition) is 1. The number of hydrogen-bond acceptors (Lipinski definition) is 5. The number of benzene rings is 1. The Morgan fingerprint density at radius 3 is 2.27 bits per heavy atom. The van der Waals surface area contributed by atoms with E-state index in [1.165, 1.54) is 0 Å². The van der Waals surface area contributed by atoms with E-state index in [0.29, 0.717) is 12.1 Å². The molecule has 1 aromatic rings. The van der Waals surface area contributed by atoms with Crippen LogP contribution in [0.25, 0.3) is 0 Å². The standard InChI is InChI=1S/C16H21NO5/c1-3-5-11-22-16(20)13(15(19)21-4-2)14(18)17-12-9-7-6-8-10-12/h6-10,13H,3-5,11H2,1-2H3,(H,17,18). The van der Waals surface area contributed by atoms with E-state index < -0.39 is 23.8 Å². The Kier molecular flexibility index (Phi) is 7.67. The molecule has 1 N–H and O–H groups in total. The molecule has 0 aliphatic rings. The summed E-state index contributed by atoms with van der Waals surface area (Å²) in [6.07, 6.45) is 1.51. The molecule has 22 heavy (non-hydrogen) atoms. The van der Waals surface area contributed by atoms with Gasteiger partial charge in [0, 0.05) is 5.69 Å². The maximum atomic E-state index is 12.2. The van der Waals surface area contributed by atoms with Crippen molar-refractivity contribution in [1.29, 1.82) is 0 Å². The number of unbranched alkanes of at least 4 members (excludes halogenated alkanes) is 1. The summed E-state index contributed by atoms with van der Waals surface area (Å²) in [6, 6.07) is 8.56. The van der Waals surface area contributed by atoms with Crippen LogP contribution in [0.4, 0.5) is 5.69 Å². The predicted octanol–water partition coefficient (Wildman–Crippen LogP) is 2.15. The maximum Gasteiger partial charge on any atom is 0.330 e. The lowest BCUT2D eigenvalue weighted by atomic mass is 10.1. The van der Waals surface area contributed by atoms with Crippen LogP contribution in [0.2, 0.25) is 0 Å². The van der Waals surface area contributed by atoms with Crippen LogP contribution in [-0.2, 0) is 23.9 Å². The van der Waals surface area contributed by atoms with E-state index in [1.807, 2.05) is 6.92 Å². The van der Waals surface area contributed by atoms with Gasteiger partial charge in [-0.25, -0.2) is 0 Å². The van der Waals surface area contributed by atoms with Gasteiger partial charge in [-0.05, 0) is 25.5 Å². The average Bonchev–Trinajstić information content (AvgIpc) is 2.49. The van der Waals surface area contributed by atoms with Crippen LogP contribution in [0.3, 0.4) is 0 Å². The summed E-state index contributed by atoms with van der Waals surface area (Å²) in [5.74, 6) is -4.17. The second-order valence-corrected chi connectivity index (χ2v) is 4.56. The average molecular weight is 307 g/mol. The van der Waals surface area contributed by atoms with E-state index in [2.05, 4.69) is 5.32 Å². The second kappa shape index (κ2) is 9.55. The Labute approximate surface area is 129 Å². The fourth-order valence-electron chi connectivity index (χ4n) is 1.67. The minimum absolute atomic E-state index is 0.0796. The van der Waals surface area contributed by atoms with Crippen LogP contribution in [-0.4, -0.2) is 31.1 Å². The summed E-state index contributed by atoms with van der Waals surface area (Å²) in [5, 5.41) is 2.51. The third-order valence-electron chi connectivity index (χ3n) is 2.80. The first kappa shape index (κ1) is 17.7. The molecule has 0 aromatic heterocycles. The molecule has 1 rings (SSSR count). The van der Waals surface area contributed by atoms with Crippen molar-refractivity contribution in [2.75, 3.05) is 18.5 Å². The predicted molar refractivity (Wildman–Crippen MR) is 81.1 cm³/mol. The molecule has 0 saturated carbocycles. The molecule has 0 radical (unpaired) electrons. The zero-order valence-electron chi connectivity index (χ0n) is 12.8. The lowest BCUT2D eigenvalue weighted by Gasteiger charge is -2.14. The molecule has 0 fully saturated rings. The zero-order valence-corrected chi connectivity index (χ0v) is 12.8. The molecule has 1 atom stereocenters. The van der Waals surface area contributed by atoms with Crippen molar-refractivity contribution in [1.82, 2.24) is 0 Å². The Balaban J connectivity index is 2.77. The van der Waals surface area contributed by atoms with Crippen LogP contribution < -0.4 is 5.32 Å². The van der Waals surface area contributed by atoms with E-state index in [4.69, 9.17) is 9.47 Å². The summed E-state index contributed by atoms with van der Waals surface area (Å²) in [7, 11) is 0. The van der Waals surface area contributed by atoms with Crippen molar-refractivity contribution >= 4 is 23.5 Å². The number of para-hydroxylation sites is 1. The molecule has 6 nitrogen and oxygen atoms in total. The van der Waals surface area contributed by atoms with Gasteiger partial charge in [0.25, 0.3) is 0 Å². The first-order valence-electron chi connectivity index (χ1n) is 7.29. The monoisotopic (exact) mass is 307 g/mol.